The second-order valence-corrected chi connectivity index (χ2v) is 4.46. The van der Waals surface area contributed by atoms with Gasteiger partial charge in [-0.2, -0.15) is 0 Å². The predicted molar refractivity (Wildman–Crippen MR) is 67.1 cm³/mol. The zero-order valence-electron chi connectivity index (χ0n) is 10.5. The maximum atomic E-state index is 12.1. The van der Waals surface area contributed by atoms with E-state index in [0.29, 0.717) is 19.0 Å². The Morgan fingerprint density at radius 1 is 1.56 bits per heavy atom. The van der Waals surface area contributed by atoms with E-state index in [1.54, 1.807) is 30.4 Å². The van der Waals surface area contributed by atoms with Crippen LogP contribution in [-0.4, -0.2) is 59.2 Å². The van der Waals surface area contributed by atoms with Crippen LogP contribution < -0.4 is 4.90 Å². The minimum atomic E-state index is -0.0228. The van der Waals surface area contributed by atoms with Crippen molar-refractivity contribution >= 4 is 11.9 Å². The summed E-state index contributed by atoms with van der Waals surface area (Å²) in [6.45, 7) is 1.84. The number of hydrogen-bond donors (Lipinski definition) is 1. The lowest BCUT2D eigenvalue weighted by molar-refractivity contribution is -0.133. The Kier molecular flexibility index (Phi) is 4.09. The van der Waals surface area contributed by atoms with Crippen molar-refractivity contribution < 1.29 is 9.90 Å². The van der Waals surface area contributed by atoms with Crippen molar-refractivity contribution in [2.24, 2.45) is 5.92 Å². The highest BCUT2D eigenvalue weighted by Crippen LogP contribution is 2.21. The maximum absolute atomic E-state index is 12.1. The first-order chi connectivity index (χ1) is 8.72. The van der Waals surface area contributed by atoms with Crippen LogP contribution in [-0.2, 0) is 4.79 Å². The number of nitrogens with zero attached hydrogens (tertiary/aromatic N) is 4. The summed E-state index contributed by atoms with van der Waals surface area (Å²) in [7, 11) is 1.72. The molecule has 0 aliphatic carbocycles. The molecule has 0 aromatic carbocycles. The average Bonchev–Trinajstić information content (AvgIpc) is 2.89. The predicted octanol–water partition coefficient (Wildman–Crippen LogP) is -0.246. The molecule has 6 nitrogen and oxygen atoms in total. The van der Waals surface area contributed by atoms with Crippen molar-refractivity contribution in [2.45, 2.75) is 6.42 Å². The largest absolute Gasteiger partial charge is 0.395 e. The second-order valence-electron chi connectivity index (χ2n) is 4.46. The highest BCUT2D eigenvalue weighted by molar-refractivity contribution is 5.79. The van der Waals surface area contributed by atoms with Gasteiger partial charge in [-0.15, -0.1) is 0 Å². The molecule has 1 aromatic rings. The number of likely N-dealkylation sites (N-methyl/N-ethyl adjacent to an activating group) is 1. The molecule has 1 aromatic heterocycles. The van der Waals surface area contributed by atoms with Crippen molar-refractivity contribution in [1.82, 2.24) is 14.9 Å². The minimum absolute atomic E-state index is 0.000467. The summed E-state index contributed by atoms with van der Waals surface area (Å²) in [5.74, 6) is 0.741. The van der Waals surface area contributed by atoms with Crippen molar-refractivity contribution in [3.8, 4) is 0 Å². The first-order valence-corrected chi connectivity index (χ1v) is 6.10. The van der Waals surface area contributed by atoms with Gasteiger partial charge in [0.1, 0.15) is 0 Å². The van der Waals surface area contributed by atoms with E-state index < -0.39 is 0 Å². The molecule has 0 spiro atoms. The zero-order valence-corrected chi connectivity index (χ0v) is 10.5. The number of anilines is 1. The Bertz CT molecular complexity index is 398. The molecule has 0 saturated carbocycles. The molecule has 0 bridgehead atoms. The van der Waals surface area contributed by atoms with Gasteiger partial charge >= 0.3 is 0 Å². The number of hydrogen-bond acceptors (Lipinski definition) is 5. The highest BCUT2D eigenvalue weighted by atomic mass is 16.3. The molecule has 6 heteroatoms. The molecular weight excluding hydrogens is 232 g/mol. The van der Waals surface area contributed by atoms with Gasteiger partial charge in [-0.3, -0.25) is 4.79 Å². The van der Waals surface area contributed by atoms with Crippen molar-refractivity contribution in [2.75, 3.05) is 38.2 Å². The van der Waals surface area contributed by atoms with E-state index in [2.05, 4.69) is 9.97 Å². The topological polar surface area (TPSA) is 69.6 Å². The normalized spacial score (nSPS) is 19.0. The molecule has 18 heavy (non-hydrogen) atoms. The lowest BCUT2D eigenvalue weighted by atomic mass is 10.1. The number of aliphatic hydroxyl groups is 1. The fourth-order valence-electron chi connectivity index (χ4n) is 2.17. The van der Waals surface area contributed by atoms with Gasteiger partial charge in [0, 0.05) is 39.1 Å². The Labute approximate surface area is 106 Å². The molecule has 0 radical (unpaired) electrons. The Balaban J connectivity index is 1.94. The molecule has 2 heterocycles. The molecule has 1 amide bonds. The Morgan fingerprint density at radius 2 is 2.28 bits per heavy atom. The molecule has 1 N–H and O–H groups in total. The smallest absolute Gasteiger partial charge is 0.227 e. The van der Waals surface area contributed by atoms with Crippen LogP contribution in [0.2, 0.25) is 0 Å². The third kappa shape index (κ3) is 2.76. The lowest BCUT2D eigenvalue weighted by Crippen LogP contribution is -2.36. The standard InChI is InChI=1S/C12H18N4O2/c1-15(7-8-17)11(18)10-3-6-16(9-10)12-13-4-2-5-14-12/h2,4-5,10,17H,3,6-9H2,1H3/t10-/m1/s1. The van der Waals surface area contributed by atoms with E-state index in [-0.39, 0.29) is 18.4 Å². The summed E-state index contributed by atoms with van der Waals surface area (Å²) < 4.78 is 0. The summed E-state index contributed by atoms with van der Waals surface area (Å²) in [6.07, 6.45) is 4.22. The molecule has 1 fully saturated rings. The third-order valence-corrected chi connectivity index (χ3v) is 3.18. The van der Waals surface area contributed by atoms with Crippen LogP contribution in [0.4, 0.5) is 5.95 Å². The fraction of sp³-hybridized carbons (Fsp3) is 0.583. The monoisotopic (exact) mass is 250 g/mol. The van der Waals surface area contributed by atoms with Gasteiger partial charge < -0.3 is 14.9 Å². The number of aromatic nitrogens is 2. The van der Waals surface area contributed by atoms with E-state index in [4.69, 9.17) is 5.11 Å². The first-order valence-electron chi connectivity index (χ1n) is 6.10. The lowest BCUT2D eigenvalue weighted by Gasteiger charge is -2.20. The van der Waals surface area contributed by atoms with Gasteiger partial charge in [0.25, 0.3) is 0 Å². The van der Waals surface area contributed by atoms with Crippen LogP contribution in [0.15, 0.2) is 18.5 Å². The quantitative estimate of drug-likeness (QED) is 0.798. The van der Waals surface area contributed by atoms with E-state index in [0.717, 1.165) is 13.0 Å². The summed E-state index contributed by atoms with van der Waals surface area (Å²) in [5, 5.41) is 8.83. The molecule has 0 unspecified atom stereocenters. The molecule has 98 valence electrons. The number of carbonyl (C=O) groups is 1. The summed E-state index contributed by atoms with van der Waals surface area (Å²) in [4.78, 5) is 24.0. The molecular formula is C12H18N4O2. The van der Waals surface area contributed by atoms with Crippen LogP contribution in [0.5, 0.6) is 0 Å². The number of amides is 1. The van der Waals surface area contributed by atoms with Crippen molar-refractivity contribution in [3.63, 3.8) is 0 Å². The molecule has 1 aliphatic rings. The minimum Gasteiger partial charge on any atom is -0.395 e. The van der Waals surface area contributed by atoms with Gasteiger partial charge in [-0.05, 0) is 12.5 Å². The number of aliphatic hydroxyl groups excluding tert-OH is 1. The number of carbonyl (C=O) groups excluding carboxylic acids is 1. The van der Waals surface area contributed by atoms with Gasteiger partial charge in [0.2, 0.25) is 11.9 Å². The third-order valence-electron chi connectivity index (χ3n) is 3.18. The van der Waals surface area contributed by atoms with Gasteiger partial charge in [0.05, 0.1) is 12.5 Å². The van der Waals surface area contributed by atoms with Crippen LogP contribution in [0.25, 0.3) is 0 Å². The van der Waals surface area contributed by atoms with Crippen LogP contribution in [0.3, 0.4) is 0 Å². The molecule has 1 atom stereocenters. The van der Waals surface area contributed by atoms with E-state index in [1.165, 1.54) is 0 Å². The molecule has 2 rings (SSSR count). The van der Waals surface area contributed by atoms with Crippen LogP contribution in [0.1, 0.15) is 6.42 Å². The average molecular weight is 250 g/mol. The summed E-state index contributed by atoms with van der Waals surface area (Å²) in [5.41, 5.74) is 0. The van der Waals surface area contributed by atoms with E-state index in [1.807, 2.05) is 4.90 Å². The number of rotatable bonds is 4. The zero-order chi connectivity index (χ0) is 13.0. The summed E-state index contributed by atoms with van der Waals surface area (Å²) in [6, 6.07) is 1.78. The first kappa shape index (κ1) is 12.8. The maximum Gasteiger partial charge on any atom is 0.227 e. The van der Waals surface area contributed by atoms with Gasteiger partial charge in [-0.1, -0.05) is 0 Å². The SMILES string of the molecule is CN(CCO)C(=O)[C@@H]1CCN(c2ncccn2)C1. The van der Waals surface area contributed by atoms with Crippen LogP contribution in [0, 0.1) is 5.92 Å². The summed E-state index contributed by atoms with van der Waals surface area (Å²) >= 11 is 0. The van der Waals surface area contributed by atoms with Gasteiger partial charge in [-0.25, -0.2) is 9.97 Å². The Morgan fingerprint density at radius 3 is 2.94 bits per heavy atom. The van der Waals surface area contributed by atoms with Crippen molar-refractivity contribution in [1.29, 1.82) is 0 Å². The van der Waals surface area contributed by atoms with Crippen LogP contribution >= 0.6 is 0 Å². The Hall–Kier alpha value is -1.69. The van der Waals surface area contributed by atoms with E-state index >= 15 is 0 Å². The molecule has 1 saturated heterocycles. The second kappa shape index (κ2) is 5.77. The molecule has 1 aliphatic heterocycles. The highest BCUT2D eigenvalue weighted by Gasteiger charge is 2.31. The van der Waals surface area contributed by atoms with Crippen molar-refractivity contribution in [3.05, 3.63) is 18.5 Å². The van der Waals surface area contributed by atoms with E-state index in [9.17, 15) is 4.79 Å². The van der Waals surface area contributed by atoms with Gasteiger partial charge in [0.15, 0.2) is 0 Å². The fourth-order valence-corrected chi connectivity index (χ4v) is 2.17.